The SMILES string of the molecule is N#Cc1c(SC(C(N)=O)c2ccccc2)nc(N2CCC(NC(=O)O)CC2)c(C#N)c1C1CC1. The fourth-order valence-corrected chi connectivity index (χ4v) is 5.37. The lowest BCUT2D eigenvalue weighted by atomic mass is 9.98. The summed E-state index contributed by atoms with van der Waals surface area (Å²) in [4.78, 5) is 30.0. The number of rotatable bonds is 7. The number of carbonyl (C=O) groups excluding carboxylic acids is 1. The number of nitrogens with one attached hydrogen (secondary N) is 1. The topological polar surface area (TPSA) is 156 Å². The van der Waals surface area contributed by atoms with E-state index in [1.165, 1.54) is 0 Å². The molecule has 1 unspecified atom stereocenters. The average Bonchev–Trinajstić information content (AvgIpc) is 3.67. The minimum Gasteiger partial charge on any atom is -0.465 e. The summed E-state index contributed by atoms with van der Waals surface area (Å²) in [5.74, 6) is 0.0534. The fraction of sp³-hybridized carbons (Fsp3) is 0.375. The molecule has 1 aliphatic heterocycles. The van der Waals surface area contributed by atoms with Crippen molar-refractivity contribution in [2.24, 2.45) is 5.73 Å². The summed E-state index contributed by atoms with van der Waals surface area (Å²) in [6, 6.07) is 13.4. The molecule has 174 valence electrons. The second-order valence-corrected chi connectivity index (χ2v) is 9.52. The van der Waals surface area contributed by atoms with Crippen LogP contribution in [0.5, 0.6) is 0 Å². The number of nitriles is 2. The quantitative estimate of drug-likeness (QED) is 0.514. The molecular formula is C24H24N6O3S. The van der Waals surface area contributed by atoms with Crippen LogP contribution in [0.1, 0.15) is 59.1 Å². The minimum atomic E-state index is -1.05. The third kappa shape index (κ3) is 4.92. The Labute approximate surface area is 201 Å². The Hall–Kier alpha value is -3.76. The molecule has 1 saturated heterocycles. The molecule has 2 fully saturated rings. The van der Waals surface area contributed by atoms with Crippen molar-refractivity contribution in [1.29, 1.82) is 10.5 Å². The van der Waals surface area contributed by atoms with Crippen LogP contribution in [-0.4, -0.2) is 41.2 Å². The van der Waals surface area contributed by atoms with Crippen molar-refractivity contribution in [1.82, 2.24) is 10.3 Å². The lowest BCUT2D eigenvalue weighted by Gasteiger charge is -2.34. The average molecular weight is 477 g/mol. The molecule has 1 aliphatic carbocycles. The Balaban J connectivity index is 1.74. The second kappa shape index (κ2) is 10.0. The smallest absolute Gasteiger partial charge is 0.404 e. The van der Waals surface area contributed by atoms with Gasteiger partial charge in [-0.3, -0.25) is 4.79 Å². The molecule has 2 amide bonds. The molecule has 1 aromatic heterocycles. The molecular weight excluding hydrogens is 452 g/mol. The highest BCUT2D eigenvalue weighted by atomic mass is 32.2. The third-order valence-electron chi connectivity index (χ3n) is 6.11. The molecule has 34 heavy (non-hydrogen) atoms. The van der Waals surface area contributed by atoms with Crippen molar-refractivity contribution in [3.05, 3.63) is 52.6 Å². The van der Waals surface area contributed by atoms with Crippen LogP contribution >= 0.6 is 11.8 Å². The summed E-state index contributed by atoms with van der Waals surface area (Å²) in [5.41, 5.74) is 7.85. The number of thioether (sulfide) groups is 1. The summed E-state index contributed by atoms with van der Waals surface area (Å²) in [6.07, 6.45) is 1.88. The minimum absolute atomic E-state index is 0.111. The number of carbonyl (C=O) groups is 2. The molecule has 0 bridgehead atoms. The molecule has 2 aliphatic rings. The van der Waals surface area contributed by atoms with Gasteiger partial charge in [0, 0.05) is 19.1 Å². The van der Waals surface area contributed by atoms with Gasteiger partial charge in [0.15, 0.2) is 0 Å². The largest absolute Gasteiger partial charge is 0.465 e. The maximum absolute atomic E-state index is 12.3. The van der Waals surface area contributed by atoms with Gasteiger partial charge in [0.05, 0.1) is 11.1 Å². The summed E-state index contributed by atoms with van der Waals surface area (Å²) in [6.45, 7) is 1.04. The number of nitrogens with zero attached hydrogens (tertiary/aromatic N) is 4. The summed E-state index contributed by atoms with van der Waals surface area (Å²) < 4.78 is 0. The lowest BCUT2D eigenvalue weighted by Crippen LogP contribution is -2.44. The van der Waals surface area contributed by atoms with Gasteiger partial charge in [0.1, 0.15) is 28.2 Å². The number of hydrogen-bond acceptors (Lipinski definition) is 7. The molecule has 1 atom stereocenters. The second-order valence-electron chi connectivity index (χ2n) is 8.42. The first-order chi connectivity index (χ1) is 16.4. The first-order valence-corrected chi connectivity index (χ1v) is 11.9. The van der Waals surface area contributed by atoms with Crippen molar-refractivity contribution >= 4 is 29.6 Å². The van der Waals surface area contributed by atoms with E-state index in [1.54, 1.807) is 12.1 Å². The van der Waals surface area contributed by atoms with E-state index in [0.717, 1.165) is 24.6 Å². The highest BCUT2D eigenvalue weighted by molar-refractivity contribution is 8.00. The van der Waals surface area contributed by atoms with Crippen molar-refractivity contribution in [3.8, 4) is 12.1 Å². The molecule has 2 heterocycles. The Morgan fingerprint density at radius 2 is 1.76 bits per heavy atom. The molecule has 2 aromatic rings. The van der Waals surface area contributed by atoms with Crippen molar-refractivity contribution < 1.29 is 14.7 Å². The highest BCUT2D eigenvalue weighted by Crippen LogP contribution is 2.48. The molecule has 4 N–H and O–H groups in total. The van der Waals surface area contributed by atoms with E-state index in [2.05, 4.69) is 17.5 Å². The van der Waals surface area contributed by atoms with Gasteiger partial charge in [-0.1, -0.05) is 42.1 Å². The van der Waals surface area contributed by atoms with Gasteiger partial charge in [-0.25, -0.2) is 9.78 Å². The summed E-state index contributed by atoms with van der Waals surface area (Å²) >= 11 is 1.13. The Kier molecular flexibility index (Phi) is 6.90. The van der Waals surface area contributed by atoms with Crippen LogP contribution < -0.4 is 16.0 Å². The van der Waals surface area contributed by atoms with E-state index in [1.807, 2.05) is 23.1 Å². The first kappa shape index (κ1) is 23.4. The number of amides is 2. The zero-order valence-electron chi connectivity index (χ0n) is 18.4. The first-order valence-electron chi connectivity index (χ1n) is 11.1. The van der Waals surface area contributed by atoms with Crippen molar-refractivity contribution in [2.75, 3.05) is 18.0 Å². The number of aromatic nitrogens is 1. The van der Waals surface area contributed by atoms with Gasteiger partial charge in [-0.05, 0) is 42.7 Å². The van der Waals surface area contributed by atoms with Crippen LogP contribution in [0.3, 0.4) is 0 Å². The molecule has 1 saturated carbocycles. The molecule has 10 heteroatoms. The van der Waals surface area contributed by atoms with E-state index >= 15 is 0 Å². The zero-order chi connectivity index (χ0) is 24.2. The van der Waals surface area contributed by atoms with E-state index in [9.17, 15) is 20.1 Å². The van der Waals surface area contributed by atoms with Gasteiger partial charge >= 0.3 is 6.09 Å². The fourth-order valence-electron chi connectivity index (χ4n) is 4.32. The predicted molar refractivity (Wildman–Crippen MR) is 126 cm³/mol. The molecule has 0 radical (unpaired) electrons. The van der Waals surface area contributed by atoms with Crippen LogP contribution in [0.4, 0.5) is 10.6 Å². The van der Waals surface area contributed by atoms with Crippen molar-refractivity contribution in [3.63, 3.8) is 0 Å². The lowest BCUT2D eigenvalue weighted by molar-refractivity contribution is -0.117. The van der Waals surface area contributed by atoms with E-state index in [4.69, 9.17) is 15.8 Å². The zero-order valence-corrected chi connectivity index (χ0v) is 19.2. The van der Waals surface area contributed by atoms with Gasteiger partial charge in [0.25, 0.3) is 0 Å². The highest BCUT2D eigenvalue weighted by Gasteiger charge is 2.36. The van der Waals surface area contributed by atoms with E-state index < -0.39 is 17.3 Å². The van der Waals surface area contributed by atoms with Crippen LogP contribution in [-0.2, 0) is 4.79 Å². The van der Waals surface area contributed by atoms with Crippen LogP contribution in [0, 0.1) is 22.7 Å². The number of carboxylic acid groups (broad SMARTS) is 1. The maximum atomic E-state index is 12.3. The summed E-state index contributed by atoms with van der Waals surface area (Å²) in [7, 11) is 0. The number of primary amides is 1. The number of hydrogen-bond donors (Lipinski definition) is 3. The number of piperidine rings is 1. The number of pyridine rings is 1. The van der Waals surface area contributed by atoms with Crippen molar-refractivity contribution in [2.45, 2.75) is 47.9 Å². The van der Waals surface area contributed by atoms with E-state index in [0.29, 0.717) is 59.0 Å². The molecule has 0 spiro atoms. The molecule has 4 rings (SSSR count). The monoisotopic (exact) mass is 476 g/mol. The van der Waals surface area contributed by atoms with Gasteiger partial charge < -0.3 is 21.1 Å². The van der Waals surface area contributed by atoms with Crippen LogP contribution in [0.25, 0.3) is 0 Å². The Morgan fingerprint density at radius 1 is 1.12 bits per heavy atom. The van der Waals surface area contributed by atoms with Gasteiger partial charge in [-0.15, -0.1) is 0 Å². The number of nitrogens with two attached hydrogens (primary N) is 1. The van der Waals surface area contributed by atoms with Gasteiger partial charge in [-0.2, -0.15) is 10.5 Å². The maximum Gasteiger partial charge on any atom is 0.404 e. The normalized spacial score (nSPS) is 16.8. The summed E-state index contributed by atoms with van der Waals surface area (Å²) in [5, 5.41) is 31.2. The number of anilines is 1. The number of benzene rings is 1. The van der Waals surface area contributed by atoms with E-state index in [-0.39, 0.29) is 12.0 Å². The van der Waals surface area contributed by atoms with Gasteiger partial charge in [0.2, 0.25) is 5.91 Å². The predicted octanol–water partition coefficient (Wildman–Crippen LogP) is 3.26. The Morgan fingerprint density at radius 3 is 2.29 bits per heavy atom. The Bertz CT molecular complexity index is 1180. The molecule has 1 aromatic carbocycles. The third-order valence-corrected chi connectivity index (χ3v) is 7.36. The standard InChI is InChI=1S/C24H24N6O3S/c25-12-17-19(14-6-7-14)18(13-26)23(34-20(21(27)31)15-4-2-1-3-5-15)29-22(17)30-10-8-16(9-11-30)28-24(32)33/h1-5,14,16,20,28H,6-11H2,(H2,27,31)(H,32,33). The molecule has 9 nitrogen and oxygen atoms in total. The van der Waals surface area contributed by atoms with Crippen LogP contribution in [0.2, 0.25) is 0 Å². The van der Waals surface area contributed by atoms with Crippen LogP contribution in [0.15, 0.2) is 35.4 Å².